The van der Waals surface area contributed by atoms with Crippen LogP contribution in [0.25, 0.3) is 0 Å². The molecule has 0 aromatic carbocycles. The third kappa shape index (κ3) is 2.43. The SMILES string of the molecule is CC(C)Oc1nc(N)nc(NC2C(C)(C)C2(C)C)n1. The van der Waals surface area contributed by atoms with Gasteiger partial charge in [0.05, 0.1) is 6.10 Å². The monoisotopic (exact) mass is 265 g/mol. The van der Waals surface area contributed by atoms with Gasteiger partial charge in [0.2, 0.25) is 11.9 Å². The molecule has 19 heavy (non-hydrogen) atoms. The maximum atomic E-state index is 5.68. The Balaban J connectivity index is 2.16. The normalized spacial score (nSPS) is 20.4. The Morgan fingerprint density at radius 3 is 2.16 bits per heavy atom. The number of hydrogen-bond donors (Lipinski definition) is 2. The van der Waals surface area contributed by atoms with E-state index < -0.39 is 0 Å². The van der Waals surface area contributed by atoms with Gasteiger partial charge in [0.15, 0.2) is 0 Å². The van der Waals surface area contributed by atoms with Crippen molar-refractivity contribution in [1.82, 2.24) is 15.0 Å². The summed E-state index contributed by atoms with van der Waals surface area (Å²) in [6, 6.07) is 0.579. The number of ether oxygens (including phenoxy) is 1. The quantitative estimate of drug-likeness (QED) is 0.867. The number of nitrogens with zero attached hydrogens (tertiary/aromatic N) is 3. The molecule has 106 valence electrons. The van der Waals surface area contributed by atoms with Gasteiger partial charge in [0.1, 0.15) is 0 Å². The average Bonchev–Trinajstić information content (AvgIpc) is 2.59. The fraction of sp³-hybridized carbons (Fsp3) is 0.769. The predicted molar refractivity (Wildman–Crippen MR) is 75.0 cm³/mol. The molecule has 6 heteroatoms. The molecule has 1 fully saturated rings. The highest BCUT2D eigenvalue weighted by Gasteiger charge is 2.65. The van der Waals surface area contributed by atoms with Gasteiger partial charge in [0, 0.05) is 6.04 Å². The van der Waals surface area contributed by atoms with Crippen molar-refractivity contribution in [2.24, 2.45) is 10.8 Å². The van der Waals surface area contributed by atoms with E-state index in [1.807, 2.05) is 13.8 Å². The lowest BCUT2D eigenvalue weighted by Crippen LogP contribution is -2.16. The molecule has 3 N–H and O–H groups in total. The van der Waals surface area contributed by atoms with Crippen molar-refractivity contribution in [2.45, 2.75) is 53.7 Å². The van der Waals surface area contributed by atoms with Crippen molar-refractivity contribution in [3.05, 3.63) is 0 Å². The lowest BCUT2D eigenvalue weighted by Gasteiger charge is -2.11. The average molecular weight is 265 g/mol. The number of aromatic nitrogens is 3. The first kappa shape index (κ1) is 13.8. The van der Waals surface area contributed by atoms with Gasteiger partial charge < -0.3 is 15.8 Å². The summed E-state index contributed by atoms with van der Waals surface area (Å²) in [4.78, 5) is 12.3. The maximum Gasteiger partial charge on any atom is 0.323 e. The second-order valence-electron chi connectivity index (χ2n) is 6.49. The highest BCUT2D eigenvalue weighted by molar-refractivity contribution is 5.39. The summed E-state index contributed by atoms with van der Waals surface area (Å²) in [7, 11) is 0. The van der Waals surface area contributed by atoms with Gasteiger partial charge in [0.25, 0.3) is 0 Å². The zero-order chi connectivity index (χ0) is 14.4. The van der Waals surface area contributed by atoms with Crippen LogP contribution in [0.1, 0.15) is 41.5 Å². The van der Waals surface area contributed by atoms with Crippen LogP contribution in [0.5, 0.6) is 6.01 Å². The standard InChI is InChI=1S/C13H23N5O/c1-7(2)19-11-17-9(14)16-10(18-11)15-8-12(3,4)13(8,5)6/h7-8H,1-6H3,(H3,14,15,16,17,18). The molecule has 2 rings (SSSR count). The molecule has 0 bridgehead atoms. The lowest BCUT2D eigenvalue weighted by molar-refractivity contribution is 0.222. The van der Waals surface area contributed by atoms with Gasteiger partial charge in [-0.1, -0.05) is 27.7 Å². The number of anilines is 2. The Labute approximate surface area is 114 Å². The van der Waals surface area contributed by atoms with Crippen molar-refractivity contribution < 1.29 is 4.74 Å². The molecule has 1 aliphatic rings. The summed E-state index contributed by atoms with van der Waals surface area (Å²) in [5.41, 5.74) is 6.09. The van der Waals surface area contributed by atoms with Crippen LogP contribution in [0, 0.1) is 10.8 Å². The molecule has 0 spiro atoms. The van der Waals surface area contributed by atoms with E-state index in [0.29, 0.717) is 12.0 Å². The molecule has 1 saturated carbocycles. The molecule has 0 radical (unpaired) electrons. The van der Waals surface area contributed by atoms with Crippen LogP contribution in [-0.4, -0.2) is 27.1 Å². The maximum absolute atomic E-state index is 5.68. The Kier molecular flexibility index (Phi) is 3.07. The smallest absolute Gasteiger partial charge is 0.323 e. The third-order valence-electron chi connectivity index (χ3n) is 4.27. The van der Waals surface area contributed by atoms with Crippen molar-refractivity contribution >= 4 is 11.9 Å². The molecule has 0 amide bonds. The van der Waals surface area contributed by atoms with E-state index in [-0.39, 0.29) is 28.9 Å². The van der Waals surface area contributed by atoms with Gasteiger partial charge in [-0.05, 0) is 24.7 Å². The van der Waals surface area contributed by atoms with Crippen LogP contribution in [0.4, 0.5) is 11.9 Å². The fourth-order valence-electron chi connectivity index (χ4n) is 2.39. The largest absolute Gasteiger partial charge is 0.461 e. The zero-order valence-electron chi connectivity index (χ0n) is 12.5. The Hall–Kier alpha value is -1.59. The van der Waals surface area contributed by atoms with Crippen LogP contribution >= 0.6 is 0 Å². The topological polar surface area (TPSA) is 86.0 Å². The van der Waals surface area contributed by atoms with Crippen LogP contribution in [0.15, 0.2) is 0 Å². The number of nitrogens with one attached hydrogen (secondary N) is 1. The van der Waals surface area contributed by atoms with Crippen molar-refractivity contribution in [1.29, 1.82) is 0 Å². The molecule has 0 saturated heterocycles. The molecular weight excluding hydrogens is 242 g/mol. The van der Waals surface area contributed by atoms with Gasteiger partial charge in [-0.25, -0.2) is 0 Å². The van der Waals surface area contributed by atoms with Crippen molar-refractivity contribution in [3.63, 3.8) is 0 Å². The van der Waals surface area contributed by atoms with E-state index in [9.17, 15) is 0 Å². The Bertz CT molecular complexity index is 470. The van der Waals surface area contributed by atoms with Gasteiger partial charge in [-0.15, -0.1) is 0 Å². The number of rotatable bonds is 4. The van der Waals surface area contributed by atoms with E-state index in [1.54, 1.807) is 0 Å². The van der Waals surface area contributed by atoms with Crippen LogP contribution < -0.4 is 15.8 Å². The van der Waals surface area contributed by atoms with Gasteiger partial charge in [-0.2, -0.15) is 15.0 Å². The summed E-state index contributed by atoms with van der Waals surface area (Å²) in [5, 5.41) is 3.33. The number of hydrogen-bond acceptors (Lipinski definition) is 6. The minimum atomic E-state index is 0.00320. The molecule has 0 unspecified atom stereocenters. The highest BCUT2D eigenvalue weighted by Crippen LogP contribution is 2.63. The molecule has 1 aromatic heterocycles. The minimum Gasteiger partial charge on any atom is -0.461 e. The summed E-state index contributed by atoms with van der Waals surface area (Å²) in [6.07, 6.45) is 0.00320. The van der Waals surface area contributed by atoms with Crippen molar-refractivity contribution in [3.8, 4) is 6.01 Å². The van der Waals surface area contributed by atoms with Crippen LogP contribution in [0.3, 0.4) is 0 Å². The first-order valence-corrected chi connectivity index (χ1v) is 6.59. The number of nitrogens with two attached hydrogens (primary N) is 1. The molecule has 6 nitrogen and oxygen atoms in total. The Morgan fingerprint density at radius 2 is 1.68 bits per heavy atom. The number of nitrogen functional groups attached to an aromatic ring is 1. The lowest BCUT2D eigenvalue weighted by atomic mass is 10.0. The van der Waals surface area contributed by atoms with Crippen molar-refractivity contribution in [2.75, 3.05) is 11.1 Å². The summed E-state index contributed by atoms with van der Waals surface area (Å²) in [5.74, 6) is 0.649. The summed E-state index contributed by atoms with van der Waals surface area (Å²) < 4.78 is 5.46. The van der Waals surface area contributed by atoms with E-state index in [0.717, 1.165) is 0 Å². The fourth-order valence-corrected chi connectivity index (χ4v) is 2.39. The second kappa shape index (κ2) is 4.21. The molecular formula is C13H23N5O. The molecule has 1 heterocycles. The first-order valence-electron chi connectivity index (χ1n) is 6.59. The van der Waals surface area contributed by atoms with Crippen LogP contribution in [0.2, 0.25) is 0 Å². The Morgan fingerprint density at radius 1 is 1.11 bits per heavy atom. The summed E-state index contributed by atoms with van der Waals surface area (Å²) in [6.45, 7) is 12.7. The molecule has 0 aliphatic heterocycles. The molecule has 0 atom stereocenters. The molecule has 1 aromatic rings. The van der Waals surface area contributed by atoms with E-state index in [4.69, 9.17) is 10.5 Å². The summed E-state index contributed by atoms with van der Waals surface area (Å²) >= 11 is 0. The minimum absolute atomic E-state index is 0.00320. The van der Waals surface area contributed by atoms with Gasteiger partial charge in [-0.3, -0.25) is 0 Å². The van der Waals surface area contributed by atoms with E-state index in [1.165, 1.54) is 0 Å². The first-order chi connectivity index (χ1) is 8.64. The van der Waals surface area contributed by atoms with Gasteiger partial charge >= 0.3 is 6.01 Å². The third-order valence-corrected chi connectivity index (χ3v) is 4.27. The van der Waals surface area contributed by atoms with E-state index >= 15 is 0 Å². The zero-order valence-corrected chi connectivity index (χ0v) is 12.5. The van der Waals surface area contributed by atoms with Crippen LogP contribution in [-0.2, 0) is 0 Å². The van der Waals surface area contributed by atoms with E-state index in [2.05, 4.69) is 48.0 Å². The molecule has 1 aliphatic carbocycles. The predicted octanol–water partition coefficient (Wildman–Crippen LogP) is 2.09. The highest BCUT2D eigenvalue weighted by atomic mass is 16.5. The second-order valence-corrected chi connectivity index (χ2v) is 6.49.